The number of anilines is 1. The van der Waals surface area contributed by atoms with Gasteiger partial charge in [0.1, 0.15) is 0 Å². The van der Waals surface area contributed by atoms with Gasteiger partial charge in [0.25, 0.3) is 0 Å². The smallest absolute Gasteiger partial charge is 0.160 e. The number of hydrogen-bond acceptors (Lipinski definition) is 3. The lowest BCUT2D eigenvalue weighted by Gasteiger charge is -2.43. The average Bonchev–Trinajstić information content (AvgIpc) is 2.82. The third-order valence-corrected chi connectivity index (χ3v) is 6.32. The molecule has 2 atom stereocenters. The van der Waals surface area contributed by atoms with Gasteiger partial charge in [0.15, 0.2) is 11.5 Å². The Morgan fingerprint density at radius 3 is 2.40 bits per heavy atom. The van der Waals surface area contributed by atoms with Crippen molar-refractivity contribution >= 4 is 5.69 Å². The zero-order chi connectivity index (χ0) is 20.9. The fourth-order valence-corrected chi connectivity index (χ4v) is 4.70. The summed E-state index contributed by atoms with van der Waals surface area (Å²) in [6.07, 6.45) is 4.46. The van der Waals surface area contributed by atoms with Gasteiger partial charge in [-0.05, 0) is 67.5 Å². The quantitative estimate of drug-likeness (QED) is 0.469. The van der Waals surface area contributed by atoms with E-state index >= 15 is 0 Å². The Hall–Kier alpha value is -2.94. The van der Waals surface area contributed by atoms with Crippen LogP contribution in [0.25, 0.3) is 0 Å². The van der Waals surface area contributed by atoms with Crippen LogP contribution < -0.4 is 14.4 Å². The molecule has 3 heteroatoms. The van der Waals surface area contributed by atoms with Gasteiger partial charge in [-0.1, -0.05) is 54.6 Å². The molecule has 0 aromatic heterocycles. The van der Waals surface area contributed by atoms with Crippen LogP contribution in [0, 0.1) is 0 Å². The first-order valence-electron chi connectivity index (χ1n) is 10.8. The number of hydrogen-bond donors (Lipinski definition) is 0. The van der Waals surface area contributed by atoms with E-state index in [0.29, 0.717) is 12.1 Å². The largest absolute Gasteiger partial charge is 0.493 e. The van der Waals surface area contributed by atoms with E-state index in [4.69, 9.17) is 9.47 Å². The molecule has 0 N–H and O–H groups in total. The van der Waals surface area contributed by atoms with Crippen molar-refractivity contribution in [1.82, 2.24) is 0 Å². The van der Waals surface area contributed by atoms with Crippen LogP contribution in [0.1, 0.15) is 42.5 Å². The Bertz CT molecular complexity index is 970. The molecule has 0 radical (unpaired) electrons. The molecular formula is C27H31NO2. The van der Waals surface area contributed by atoms with Gasteiger partial charge in [-0.3, -0.25) is 0 Å². The third kappa shape index (κ3) is 4.16. The zero-order valence-corrected chi connectivity index (χ0v) is 18.2. The maximum absolute atomic E-state index is 5.50. The molecule has 156 valence electrons. The second-order valence-corrected chi connectivity index (χ2v) is 8.04. The highest BCUT2D eigenvalue weighted by molar-refractivity contribution is 5.58. The van der Waals surface area contributed by atoms with E-state index in [-0.39, 0.29) is 0 Å². The molecule has 1 aliphatic rings. The van der Waals surface area contributed by atoms with Crippen LogP contribution in [0.4, 0.5) is 5.69 Å². The number of nitrogens with zero attached hydrogens (tertiary/aromatic N) is 1. The molecule has 30 heavy (non-hydrogen) atoms. The number of aryl methyl sites for hydroxylation is 2. The molecule has 0 fully saturated rings. The summed E-state index contributed by atoms with van der Waals surface area (Å²) in [5.41, 5.74) is 5.50. The molecule has 0 saturated heterocycles. The second kappa shape index (κ2) is 9.25. The first kappa shape index (κ1) is 20.3. The summed E-state index contributed by atoms with van der Waals surface area (Å²) in [5.74, 6) is 1.59. The van der Waals surface area contributed by atoms with Crippen LogP contribution in [-0.4, -0.2) is 20.3 Å². The van der Waals surface area contributed by atoms with Gasteiger partial charge < -0.3 is 14.4 Å². The van der Waals surface area contributed by atoms with Crippen LogP contribution in [0.5, 0.6) is 11.5 Å². The normalized spacial score (nSPS) is 16.6. The maximum Gasteiger partial charge on any atom is 0.160 e. The monoisotopic (exact) mass is 401 g/mol. The fraction of sp³-hybridized carbons (Fsp3) is 0.333. The van der Waals surface area contributed by atoms with Crippen molar-refractivity contribution in [2.75, 3.05) is 19.1 Å². The molecule has 0 saturated carbocycles. The molecule has 0 amide bonds. The summed E-state index contributed by atoms with van der Waals surface area (Å²) in [4.78, 5) is 2.65. The van der Waals surface area contributed by atoms with E-state index in [1.54, 1.807) is 14.2 Å². The fourth-order valence-electron chi connectivity index (χ4n) is 4.70. The summed E-state index contributed by atoms with van der Waals surface area (Å²) in [7, 11) is 3.38. The van der Waals surface area contributed by atoms with E-state index in [1.807, 2.05) is 6.07 Å². The summed E-state index contributed by atoms with van der Waals surface area (Å²) >= 11 is 0. The van der Waals surface area contributed by atoms with Crippen LogP contribution in [-0.2, 0) is 12.8 Å². The summed E-state index contributed by atoms with van der Waals surface area (Å²) in [6, 6.07) is 26.9. The van der Waals surface area contributed by atoms with Crippen molar-refractivity contribution in [2.45, 2.75) is 44.7 Å². The highest BCUT2D eigenvalue weighted by atomic mass is 16.5. The van der Waals surface area contributed by atoms with Crippen molar-refractivity contribution in [3.8, 4) is 11.5 Å². The van der Waals surface area contributed by atoms with Gasteiger partial charge in [0.05, 0.1) is 20.3 Å². The highest BCUT2D eigenvalue weighted by Crippen LogP contribution is 2.39. The van der Waals surface area contributed by atoms with E-state index < -0.39 is 0 Å². The lowest BCUT2D eigenvalue weighted by atomic mass is 9.89. The lowest BCUT2D eigenvalue weighted by Crippen LogP contribution is -2.41. The molecule has 1 heterocycles. The summed E-state index contributed by atoms with van der Waals surface area (Å²) in [5, 5.41) is 0. The molecule has 0 bridgehead atoms. The third-order valence-electron chi connectivity index (χ3n) is 6.32. The summed E-state index contributed by atoms with van der Waals surface area (Å²) < 4.78 is 10.9. The first-order valence-corrected chi connectivity index (χ1v) is 10.8. The Kier molecular flexibility index (Phi) is 6.27. The topological polar surface area (TPSA) is 21.7 Å². The van der Waals surface area contributed by atoms with Gasteiger partial charge in [-0.15, -0.1) is 0 Å². The minimum Gasteiger partial charge on any atom is -0.493 e. The standard InChI is InChI=1S/C27H31NO2/c1-20(22-9-5-4-6-10-22)28-24(17-15-23-11-7-8-12-25(23)28)16-13-21-14-18-26(29-2)27(19-21)30-3/h4-12,14,18-20,24H,13,15-17H2,1-3H3/t20-,24-/m0/s1. The Balaban J connectivity index is 1.58. The first-order chi connectivity index (χ1) is 14.7. The SMILES string of the molecule is COc1ccc(CC[C@H]2CCc3ccccc3N2[C@@H](C)c2ccccc2)cc1OC. The van der Waals surface area contributed by atoms with E-state index in [0.717, 1.165) is 30.8 Å². The predicted molar refractivity (Wildman–Crippen MR) is 124 cm³/mol. The number of benzene rings is 3. The summed E-state index contributed by atoms with van der Waals surface area (Å²) in [6.45, 7) is 2.33. The van der Waals surface area contributed by atoms with Crippen LogP contribution in [0.2, 0.25) is 0 Å². The number of methoxy groups -OCH3 is 2. The van der Waals surface area contributed by atoms with E-state index in [1.165, 1.54) is 28.8 Å². The molecule has 3 aromatic rings. The molecule has 0 spiro atoms. The Labute approximate surface area is 180 Å². The number of rotatable bonds is 7. The van der Waals surface area contributed by atoms with Crippen LogP contribution in [0.15, 0.2) is 72.8 Å². The molecule has 3 aromatic carbocycles. The molecule has 4 rings (SSSR count). The molecule has 0 unspecified atom stereocenters. The van der Waals surface area contributed by atoms with Crippen molar-refractivity contribution < 1.29 is 9.47 Å². The number of ether oxygens (including phenoxy) is 2. The Morgan fingerprint density at radius 1 is 0.900 bits per heavy atom. The maximum atomic E-state index is 5.50. The highest BCUT2D eigenvalue weighted by Gasteiger charge is 2.30. The van der Waals surface area contributed by atoms with Crippen molar-refractivity contribution in [2.24, 2.45) is 0 Å². The average molecular weight is 402 g/mol. The Morgan fingerprint density at radius 2 is 1.63 bits per heavy atom. The van der Waals surface area contributed by atoms with Gasteiger partial charge in [0, 0.05) is 11.7 Å². The number of fused-ring (bicyclic) bond motifs is 1. The second-order valence-electron chi connectivity index (χ2n) is 8.04. The molecule has 3 nitrogen and oxygen atoms in total. The van der Waals surface area contributed by atoms with Gasteiger partial charge in [0.2, 0.25) is 0 Å². The van der Waals surface area contributed by atoms with Crippen LogP contribution in [0.3, 0.4) is 0 Å². The lowest BCUT2D eigenvalue weighted by molar-refractivity contribution is 0.354. The predicted octanol–water partition coefficient (Wildman–Crippen LogP) is 6.22. The van der Waals surface area contributed by atoms with Crippen LogP contribution >= 0.6 is 0 Å². The van der Waals surface area contributed by atoms with E-state index in [9.17, 15) is 0 Å². The minimum atomic E-state index is 0.336. The molecule has 0 aliphatic carbocycles. The van der Waals surface area contributed by atoms with Crippen molar-refractivity contribution in [3.05, 3.63) is 89.5 Å². The van der Waals surface area contributed by atoms with E-state index in [2.05, 4.69) is 78.6 Å². The molecular weight excluding hydrogens is 370 g/mol. The minimum absolute atomic E-state index is 0.336. The van der Waals surface area contributed by atoms with Crippen molar-refractivity contribution in [1.29, 1.82) is 0 Å². The van der Waals surface area contributed by atoms with Crippen molar-refractivity contribution in [3.63, 3.8) is 0 Å². The van der Waals surface area contributed by atoms with Gasteiger partial charge in [-0.2, -0.15) is 0 Å². The van der Waals surface area contributed by atoms with Gasteiger partial charge in [-0.25, -0.2) is 0 Å². The molecule has 1 aliphatic heterocycles. The zero-order valence-electron chi connectivity index (χ0n) is 18.2. The number of para-hydroxylation sites is 1. The van der Waals surface area contributed by atoms with Gasteiger partial charge >= 0.3 is 0 Å².